The number of rotatable bonds is 5. The fraction of sp³-hybridized carbons (Fsp3) is 0.316. The number of alkyl halides is 6. The zero-order valence-corrected chi connectivity index (χ0v) is 13.8. The van der Waals surface area contributed by atoms with Crippen LogP contribution in [0.2, 0.25) is 0 Å². The normalized spacial score (nSPS) is 13.5. The molecule has 1 atom stereocenters. The van der Waals surface area contributed by atoms with Crippen molar-refractivity contribution in [2.24, 2.45) is 5.92 Å². The van der Waals surface area contributed by atoms with Gasteiger partial charge in [0.1, 0.15) is 0 Å². The lowest BCUT2D eigenvalue weighted by atomic mass is 9.92. The highest BCUT2D eigenvalue weighted by molar-refractivity contribution is 5.96. The van der Waals surface area contributed by atoms with E-state index in [2.05, 4.69) is 0 Å². The summed E-state index contributed by atoms with van der Waals surface area (Å²) in [5, 5.41) is 0. The summed E-state index contributed by atoms with van der Waals surface area (Å²) in [4.78, 5) is 12.3. The summed E-state index contributed by atoms with van der Waals surface area (Å²) >= 11 is 0. The molecule has 26 heavy (non-hydrogen) atoms. The minimum absolute atomic E-state index is 0.0180. The van der Waals surface area contributed by atoms with E-state index in [1.807, 2.05) is 30.3 Å². The van der Waals surface area contributed by atoms with E-state index >= 15 is 0 Å². The topological polar surface area (TPSA) is 17.1 Å². The molecule has 0 saturated heterocycles. The standard InChI is InChI=1S/C19H16F6O/c1-12(7-13-5-3-2-4-6-13)8-17(26)14-9-15(18(20,21)22)11-16(10-14)19(23,24)25/h2-6,9-12H,7-8H2,1H3. The molecular weight excluding hydrogens is 358 g/mol. The van der Waals surface area contributed by atoms with Crippen LogP contribution in [0.3, 0.4) is 0 Å². The second-order valence-electron chi connectivity index (χ2n) is 6.22. The average Bonchev–Trinajstić information content (AvgIpc) is 2.53. The van der Waals surface area contributed by atoms with Gasteiger partial charge in [-0.2, -0.15) is 26.3 Å². The van der Waals surface area contributed by atoms with E-state index in [1.54, 1.807) is 6.92 Å². The highest BCUT2D eigenvalue weighted by Gasteiger charge is 2.37. The lowest BCUT2D eigenvalue weighted by molar-refractivity contribution is -0.143. The van der Waals surface area contributed by atoms with Gasteiger partial charge in [-0.1, -0.05) is 37.3 Å². The molecule has 0 aliphatic carbocycles. The molecule has 0 aliphatic heterocycles. The predicted molar refractivity (Wildman–Crippen MR) is 84.7 cm³/mol. The van der Waals surface area contributed by atoms with Crippen molar-refractivity contribution < 1.29 is 31.1 Å². The largest absolute Gasteiger partial charge is 0.416 e. The van der Waals surface area contributed by atoms with Gasteiger partial charge in [0.2, 0.25) is 0 Å². The van der Waals surface area contributed by atoms with Crippen LogP contribution in [0.25, 0.3) is 0 Å². The Morgan fingerprint density at radius 3 is 1.85 bits per heavy atom. The van der Waals surface area contributed by atoms with Crippen LogP contribution in [0, 0.1) is 5.92 Å². The summed E-state index contributed by atoms with van der Waals surface area (Å²) in [5.41, 5.74) is -2.60. The summed E-state index contributed by atoms with van der Waals surface area (Å²) in [5.74, 6) is -0.973. The molecule has 140 valence electrons. The van der Waals surface area contributed by atoms with Crippen molar-refractivity contribution in [3.8, 4) is 0 Å². The third kappa shape index (κ3) is 5.34. The van der Waals surface area contributed by atoms with Gasteiger partial charge in [-0.25, -0.2) is 0 Å². The van der Waals surface area contributed by atoms with E-state index in [0.29, 0.717) is 18.6 Å². The zero-order chi connectivity index (χ0) is 19.5. The minimum atomic E-state index is -4.97. The van der Waals surface area contributed by atoms with Crippen LogP contribution >= 0.6 is 0 Å². The maximum Gasteiger partial charge on any atom is 0.416 e. The van der Waals surface area contributed by atoms with Gasteiger partial charge in [0.25, 0.3) is 0 Å². The van der Waals surface area contributed by atoms with Gasteiger partial charge in [0.05, 0.1) is 11.1 Å². The minimum Gasteiger partial charge on any atom is -0.294 e. The molecule has 2 rings (SSSR count). The van der Waals surface area contributed by atoms with Gasteiger partial charge in [0, 0.05) is 12.0 Å². The van der Waals surface area contributed by atoms with Crippen molar-refractivity contribution in [3.63, 3.8) is 0 Å². The van der Waals surface area contributed by atoms with Crippen molar-refractivity contribution in [3.05, 3.63) is 70.8 Å². The maximum atomic E-state index is 12.9. The summed E-state index contributed by atoms with van der Waals surface area (Å²) in [7, 11) is 0. The van der Waals surface area contributed by atoms with Gasteiger partial charge in [0.15, 0.2) is 5.78 Å². The Labute approximate surface area is 146 Å². The van der Waals surface area contributed by atoms with Crippen molar-refractivity contribution in [1.82, 2.24) is 0 Å². The molecule has 0 radical (unpaired) electrons. The van der Waals surface area contributed by atoms with Gasteiger partial charge in [-0.05, 0) is 36.1 Å². The molecule has 0 aliphatic rings. The smallest absolute Gasteiger partial charge is 0.294 e. The third-order valence-electron chi connectivity index (χ3n) is 3.87. The van der Waals surface area contributed by atoms with E-state index in [-0.39, 0.29) is 18.4 Å². The molecule has 0 N–H and O–H groups in total. The molecule has 0 bridgehead atoms. The predicted octanol–water partition coefficient (Wildman–Crippen LogP) is 6.18. The molecule has 0 heterocycles. The number of hydrogen-bond donors (Lipinski definition) is 0. The van der Waals surface area contributed by atoms with E-state index in [0.717, 1.165) is 5.56 Å². The molecule has 0 aromatic heterocycles. The summed E-state index contributed by atoms with van der Waals surface area (Å²) in [6, 6.07) is 10.1. The molecule has 0 fully saturated rings. The molecule has 7 heteroatoms. The number of Topliss-reactive ketones (excluding diaryl/α,β-unsaturated/α-hetero) is 1. The first-order valence-corrected chi connectivity index (χ1v) is 7.83. The van der Waals surface area contributed by atoms with Crippen molar-refractivity contribution >= 4 is 5.78 Å². The number of benzene rings is 2. The van der Waals surface area contributed by atoms with E-state index < -0.39 is 34.8 Å². The molecule has 0 spiro atoms. The lowest BCUT2D eigenvalue weighted by Gasteiger charge is -2.15. The van der Waals surface area contributed by atoms with Crippen molar-refractivity contribution in [1.29, 1.82) is 0 Å². The monoisotopic (exact) mass is 374 g/mol. The second-order valence-corrected chi connectivity index (χ2v) is 6.22. The first kappa shape index (κ1) is 20.0. The van der Waals surface area contributed by atoms with Gasteiger partial charge in [-0.3, -0.25) is 4.79 Å². The second kappa shape index (κ2) is 7.51. The van der Waals surface area contributed by atoms with Gasteiger partial charge >= 0.3 is 12.4 Å². The summed E-state index contributed by atoms with van der Waals surface area (Å²) in [6.45, 7) is 1.73. The summed E-state index contributed by atoms with van der Waals surface area (Å²) in [6.07, 6.45) is -9.58. The van der Waals surface area contributed by atoms with Crippen molar-refractivity contribution in [2.45, 2.75) is 32.1 Å². The van der Waals surface area contributed by atoms with Crippen molar-refractivity contribution in [2.75, 3.05) is 0 Å². The molecule has 2 aromatic carbocycles. The van der Waals surface area contributed by atoms with Crippen LogP contribution in [0.15, 0.2) is 48.5 Å². The molecular formula is C19H16F6O. The molecule has 2 aromatic rings. The molecule has 0 amide bonds. The Balaban J connectivity index is 2.24. The number of hydrogen-bond acceptors (Lipinski definition) is 1. The van der Waals surface area contributed by atoms with Crippen LogP contribution < -0.4 is 0 Å². The lowest BCUT2D eigenvalue weighted by Crippen LogP contribution is -2.15. The first-order chi connectivity index (χ1) is 12.0. The molecule has 1 unspecified atom stereocenters. The number of halogens is 6. The molecule has 0 saturated carbocycles. The van der Waals surface area contributed by atoms with E-state index in [4.69, 9.17) is 0 Å². The fourth-order valence-electron chi connectivity index (χ4n) is 2.64. The van der Waals surface area contributed by atoms with Crippen LogP contribution in [0.4, 0.5) is 26.3 Å². The van der Waals surface area contributed by atoms with E-state index in [9.17, 15) is 31.1 Å². The fourth-order valence-corrected chi connectivity index (χ4v) is 2.64. The van der Waals surface area contributed by atoms with Crippen LogP contribution in [-0.2, 0) is 18.8 Å². The van der Waals surface area contributed by atoms with Crippen LogP contribution in [0.1, 0.15) is 40.4 Å². The zero-order valence-electron chi connectivity index (χ0n) is 13.8. The van der Waals surface area contributed by atoms with Gasteiger partial charge in [-0.15, -0.1) is 0 Å². The number of carbonyl (C=O) groups excluding carboxylic acids is 1. The first-order valence-electron chi connectivity index (χ1n) is 7.83. The third-order valence-corrected chi connectivity index (χ3v) is 3.87. The Morgan fingerprint density at radius 1 is 0.885 bits per heavy atom. The number of carbonyl (C=O) groups is 1. The summed E-state index contributed by atoms with van der Waals surface area (Å²) < 4.78 is 77.2. The van der Waals surface area contributed by atoms with Gasteiger partial charge < -0.3 is 0 Å². The average molecular weight is 374 g/mol. The Bertz CT molecular complexity index is 730. The van der Waals surface area contributed by atoms with E-state index in [1.165, 1.54) is 0 Å². The maximum absolute atomic E-state index is 12.9. The number of ketones is 1. The Morgan fingerprint density at radius 2 is 1.38 bits per heavy atom. The highest BCUT2D eigenvalue weighted by Crippen LogP contribution is 2.36. The molecule has 1 nitrogen and oxygen atoms in total. The SMILES string of the molecule is CC(CC(=O)c1cc(C(F)(F)F)cc(C(F)(F)F)c1)Cc1ccccc1. The quantitative estimate of drug-likeness (QED) is 0.451. The van der Waals surface area contributed by atoms with Crippen LogP contribution in [0.5, 0.6) is 0 Å². The highest BCUT2D eigenvalue weighted by atomic mass is 19.4. The Hall–Kier alpha value is -2.31. The Kier molecular flexibility index (Phi) is 5.78. The van der Waals surface area contributed by atoms with Crippen LogP contribution in [-0.4, -0.2) is 5.78 Å².